The second-order valence-electron chi connectivity index (χ2n) is 5.28. The molecule has 0 aliphatic carbocycles. The quantitative estimate of drug-likeness (QED) is 0.913. The molecular formula is C14H19N5O. The summed E-state index contributed by atoms with van der Waals surface area (Å²) in [7, 11) is 0. The summed E-state index contributed by atoms with van der Waals surface area (Å²) in [5.41, 5.74) is 3.17. The molecule has 1 N–H and O–H groups in total. The summed E-state index contributed by atoms with van der Waals surface area (Å²) in [6, 6.07) is 1.95. The van der Waals surface area contributed by atoms with Crippen LogP contribution in [0, 0.1) is 13.8 Å². The highest BCUT2D eigenvalue weighted by Crippen LogP contribution is 2.17. The number of rotatable bonds is 3. The molecule has 2 aromatic heterocycles. The molecule has 3 rings (SSSR count). The van der Waals surface area contributed by atoms with Gasteiger partial charge in [-0.25, -0.2) is 4.98 Å². The van der Waals surface area contributed by atoms with Crippen molar-refractivity contribution in [3.63, 3.8) is 0 Å². The van der Waals surface area contributed by atoms with Gasteiger partial charge in [0.15, 0.2) is 0 Å². The molecule has 0 unspecified atom stereocenters. The van der Waals surface area contributed by atoms with Gasteiger partial charge in [-0.15, -0.1) is 0 Å². The predicted octanol–water partition coefficient (Wildman–Crippen LogP) is 1.20. The average molecular weight is 273 g/mol. The third kappa shape index (κ3) is 2.59. The van der Waals surface area contributed by atoms with Gasteiger partial charge in [-0.1, -0.05) is 0 Å². The molecule has 0 aromatic carbocycles. The molecule has 1 aliphatic rings. The molecule has 0 atom stereocenters. The van der Waals surface area contributed by atoms with Gasteiger partial charge in [-0.05, 0) is 19.9 Å². The Morgan fingerprint density at radius 2 is 2.30 bits per heavy atom. The van der Waals surface area contributed by atoms with Crippen molar-refractivity contribution >= 4 is 5.91 Å². The largest absolute Gasteiger partial charge is 0.344 e. The van der Waals surface area contributed by atoms with E-state index in [4.69, 9.17) is 0 Å². The zero-order chi connectivity index (χ0) is 14.1. The van der Waals surface area contributed by atoms with E-state index in [-0.39, 0.29) is 5.91 Å². The second kappa shape index (κ2) is 5.11. The number of carbonyl (C=O) groups excluding carboxylic acids is 1. The lowest BCUT2D eigenvalue weighted by molar-refractivity contribution is -0.132. The number of nitrogens with zero attached hydrogens (tertiary/aromatic N) is 4. The minimum Gasteiger partial charge on any atom is -0.344 e. The Kier molecular flexibility index (Phi) is 3.30. The van der Waals surface area contributed by atoms with Crippen LogP contribution in [-0.4, -0.2) is 37.1 Å². The number of amides is 1. The van der Waals surface area contributed by atoms with E-state index in [1.54, 1.807) is 0 Å². The Balaban J connectivity index is 1.58. The Labute approximate surface area is 117 Å². The first-order valence-corrected chi connectivity index (χ1v) is 6.94. The van der Waals surface area contributed by atoms with Crippen LogP contribution in [-0.2, 0) is 24.3 Å². The van der Waals surface area contributed by atoms with E-state index < -0.39 is 0 Å². The molecule has 20 heavy (non-hydrogen) atoms. The van der Waals surface area contributed by atoms with E-state index in [1.165, 1.54) is 0 Å². The van der Waals surface area contributed by atoms with E-state index in [0.29, 0.717) is 19.5 Å². The van der Waals surface area contributed by atoms with E-state index >= 15 is 0 Å². The van der Waals surface area contributed by atoms with Gasteiger partial charge in [0.2, 0.25) is 5.91 Å². The normalized spacial score (nSPS) is 14.4. The molecule has 1 aliphatic heterocycles. The van der Waals surface area contributed by atoms with Crippen molar-refractivity contribution in [2.45, 2.75) is 39.8 Å². The van der Waals surface area contributed by atoms with Crippen LogP contribution in [0.25, 0.3) is 0 Å². The Bertz CT molecular complexity index is 627. The fraction of sp³-hybridized carbons (Fsp3) is 0.500. The number of H-pyrrole nitrogens is 1. The van der Waals surface area contributed by atoms with Crippen LogP contribution in [0.3, 0.4) is 0 Å². The molecule has 0 fully saturated rings. The molecule has 6 heteroatoms. The number of nitrogens with one attached hydrogen (secondary N) is 1. The van der Waals surface area contributed by atoms with E-state index in [9.17, 15) is 4.79 Å². The van der Waals surface area contributed by atoms with Crippen molar-refractivity contribution in [2.24, 2.45) is 0 Å². The van der Waals surface area contributed by atoms with E-state index in [1.807, 2.05) is 35.7 Å². The molecule has 6 nitrogen and oxygen atoms in total. The van der Waals surface area contributed by atoms with Crippen LogP contribution in [0.15, 0.2) is 12.3 Å². The monoisotopic (exact) mass is 273 g/mol. The van der Waals surface area contributed by atoms with Gasteiger partial charge in [0.1, 0.15) is 5.82 Å². The highest BCUT2D eigenvalue weighted by molar-refractivity contribution is 5.76. The summed E-state index contributed by atoms with van der Waals surface area (Å²) in [5.74, 6) is 1.10. The van der Waals surface area contributed by atoms with Crippen LogP contribution >= 0.6 is 0 Å². The van der Waals surface area contributed by atoms with Crippen molar-refractivity contribution in [2.75, 3.05) is 6.54 Å². The van der Waals surface area contributed by atoms with Gasteiger partial charge < -0.3 is 9.88 Å². The molecular weight excluding hydrogens is 254 g/mol. The van der Waals surface area contributed by atoms with Crippen molar-refractivity contribution in [1.29, 1.82) is 0 Å². The second-order valence-corrected chi connectivity index (χ2v) is 5.28. The number of aromatic amines is 1. The zero-order valence-electron chi connectivity index (χ0n) is 11.9. The maximum atomic E-state index is 12.2. The van der Waals surface area contributed by atoms with Gasteiger partial charge in [0, 0.05) is 32.1 Å². The summed E-state index contributed by atoms with van der Waals surface area (Å²) in [5, 5.41) is 4.30. The van der Waals surface area contributed by atoms with Gasteiger partial charge in [-0.3, -0.25) is 9.48 Å². The van der Waals surface area contributed by atoms with Crippen LogP contribution in [0.2, 0.25) is 0 Å². The number of carbonyl (C=O) groups is 1. The number of aromatic nitrogens is 4. The lowest BCUT2D eigenvalue weighted by Crippen LogP contribution is -2.36. The van der Waals surface area contributed by atoms with Gasteiger partial charge in [-0.2, -0.15) is 5.10 Å². The molecule has 0 saturated carbocycles. The van der Waals surface area contributed by atoms with Crippen LogP contribution < -0.4 is 0 Å². The molecule has 0 spiro atoms. The first kappa shape index (κ1) is 12.9. The zero-order valence-corrected chi connectivity index (χ0v) is 11.9. The van der Waals surface area contributed by atoms with Crippen molar-refractivity contribution in [3.05, 3.63) is 35.2 Å². The van der Waals surface area contributed by atoms with Crippen molar-refractivity contribution in [1.82, 2.24) is 24.6 Å². The highest BCUT2D eigenvalue weighted by Gasteiger charge is 2.22. The minimum absolute atomic E-state index is 0.177. The summed E-state index contributed by atoms with van der Waals surface area (Å²) in [4.78, 5) is 21.8. The maximum Gasteiger partial charge on any atom is 0.224 e. The van der Waals surface area contributed by atoms with Gasteiger partial charge >= 0.3 is 0 Å². The van der Waals surface area contributed by atoms with Crippen LogP contribution in [0.5, 0.6) is 0 Å². The molecule has 1 amide bonds. The number of imidazole rings is 1. The molecule has 2 aromatic rings. The summed E-state index contributed by atoms with van der Waals surface area (Å²) in [6.07, 6.45) is 3.24. The molecule has 0 radical (unpaired) electrons. The first-order valence-electron chi connectivity index (χ1n) is 6.94. The number of hydrogen-bond donors (Lipinski definition) is 1. The lowest BCUT2D eigenvalue weighted by atomic mass is 10.1. The fourth-order valence-corrected chi connectivity index (χ4v) is 2.61. The molecule has 0 bridgehead atoms. The molecule has 3 heterocycles. The van der Waals surface area contributed by atoms with E-state index in [2.05, 4.69) is 15.1 Å². The van der Waals surface area contributed by atoms with Crippen LogP contribution in [0.4, 0.5) is 0 Å². The fourth-order valence-electron chi connectivity index (χ4n) is 2.61. The van der Waals surface area contributed by atoms with Gasteiger partial charge in [0.05, 0.1) is 23.6 Å². The number of aryl methyl sites for hydroxylation is 3. The van der Waals surface area contributed by atoms with Crippen molar-refractivity contribution < 1.29 is 4.79 Å². The predicted molar refractivity (Wildman–Crippen MR) is 74.0 cm³/mol. The summed E-state index contributed by atoms with van der Waals surface area (Å²) in [6.45, 7) is 5.94. The standard InChI is InChI=1S/C14H19N5O/c1-10-3-7-19(17-10)8-5-14(20)18-6-4-12-13(9-18)16-11(2)15-12/h3,7H,4-6,8-9H2,1-2H3,(H,15,16). The Morgan fingerprint density at radius 3 is 3.05 bits per heavy atom. The maximum absolute atomic E-state index is 12.2. The van der Waals surface area contributed by atoms with Gasteiger partial charge in [0.25, 0.3) is 0 Å². The van der Waals surface area contributed by atoms with Crippen molar-refractivity contribution in [3.8, 4) is 0 Å². The lowest BCUT2D eigenvalue weighted by Gasteiger charge is -2.26. The highest BCUT2D eigenvalue weighted by atomic mass is 16.2. The first-order chi connectivity index (χ1) is 9.61. The molecule has 106 valence electrons. The number of fused-ring (bicyclic) bond motifs is 1. The van der Waals surface area contributed by atoms with Crippen LogP contribution in [0.1, 0.15) is 29.3 Å². The average Bonchev–Trinajstić information content (AvgIpc) is 2.99. The topological polar surface area (TPSA) is 66.8 Å². The molecule has 0 saturated heterocycles. The number of hydrogen-bond acceptors (Lipinski definition) is 3. The summed E-state index contributed by atoms with van der Waals surface area (Å²) < 4.78 is 1.82. The Morgan fingerprint density at radius 1 is 1.45 bits per heavy atom. The third-order valence-electron chi connectivity index (χ3n) is 3.63. The van der Waals surface area contributed by atoms with E-state index in [0.717, 1.165) is 35.9 Å². The summed E-state index contributed by atoms with van der Waals surface area (Å²) >= 11 is 0. The minimum atomic E-state index is 0.177. The Hall–Kier alpha value is -2.11. The smallest absolute Gasteiger partial charge is 0.224 e. The third-order valence-corrected chi connectivity index (χ3v) is 3.63. The SMILES string of the molecule is Cc1ccn(CCC(=O)N2CCc3nc(C)[nH]c3C2)n1.